The fraction of sp³-hybridized carbons (Fsp3) is 0.364. The van der Waals surface area contributed by atoms with E-state index in [0.29, 0.717) is 30.0 Å². The Morgan fingerprint density at radius 2 is 1.72 bits per heavy atom. The van der Waals surface area contributed by atoms with Crippen LogP contribution in [0.5, 0.6) is 11.5 Å². The van der Waals surface area contributed by atoms with E-state index in [0.717, 1.165) is 25.3 Å². The van der Waals surface area contributed by atoms with Gasteiger partial charge in [0.25, 0.3) is 0 Å². The first-order chi connectivity index (χ1) is 14.0. The number of anilines is 1. The molecule has 0 atom stereocenters. The number of fused-ring (bicyclic) bond motifs is 1. The van der Waals surface area contributed by atoms with Gasteiger partial charge < -0.3 is 19.5 Å². The highest BCUT2D eigenvalue weighted by atomic mass is 16.5. The normalized spacial score (nSPS) is 13.3. The third kappa shape index (κ3) is 4.86. The molecule has 0 fully saturated rings. The molecule has 1 amide bonds. The summed E-state index contributed by atoms with van der Waals surface area (Å²) >= 11 is 0. The first kappa shape index (κ1) is 20.7. The Bertz CT molecular complexity index is 897. The minimum atomic E-state index is -0.474. The molecule has 7 nitrogen and oxygen atoms in total. The van der Waals surface area contributed by atoms with Crippen molar-refractivity contribution >= 4 is 17.6 Å². The molecule has 7 heteroatoms. The first-order valence-electron chi connectivity index (χ1n) is 9.49. The summed E-state index contributed by atoms with van der Waals surface area (Å²) in [6.07, 6.45) is 1.22. The minimum Gasteiger partial charge on any atom is -0.493 e. The number of para-hydroxylation sites is 1. The molecule has 3 rings (SSSR count). The van der Waals surface area contributed by atoms with Crippen molar-refractivity contribution in [1.82, 2.24) is 4.90 Å². The van der Waals surface area contributed by atoms with Crippen molar-refractivity contribution in [2.24, 2.45) is 0 Å². The van der Waals surface area contributed by atoms with Crippen LogP contribution >= 0.6 is 0 Å². The van der Waals surface area contributed by atoms with E-state index < -0.39 is 5.97 Å². The van der Waals surface area contributed by atoms with Crippen LogP contribution in [0.25, 0.3) is 0 Å². The minimum absolute atomic E-state index is 0.139. The van der Waals surface area contributed by atoms with Gasteiger partial charge in [-0.3, -0.25) is 9.69 Å². The van der Waals surface area contributed by atoms with Gasteiger partial charge in [0.05, 0.1) is 32.6 Å². The molecule has 0 bridgehead atoms. The van der Waals surface area contributed by atoms with Crippen LogP contribution in [0.3, 0.4) is 0 Å². The quantitative estimate of drug-likeness (QED) is 0.723. The number of hydrogen-bond donors (Lipinski definition) is 1. The Morgan fingerprint density at radius 3 is 2.41 bits per heavy atom. The van der Waals surface area contributed by atoms with Crippen LogP contribution in [-0.2, 0) is 22.5 Å². The standard InChI is InChI=1S/C22H26N2O5/c1-27-19-12-15-8-10-24(14-16(15)13-20(19)28-2)11-9-21(25)23-18-7-5-4-6-17(18)22(26)29-3/h4-7,12-13H,8-11,14H2,1-3H3,(H,23,25). The number of nitrogens with one attached hydrogen (secondary N) is 1. The molecule has 0 spiro atoms. The van der Waals surface area contributed by atoms with Gasteiger partial charge in [0.15, 0.2) is 11.5 Å². The predicted molar refractivity (Wildman–Crippen MR) is 110 cm³/mol. The molecular weight excluding hydrogens is 372 g/mol. The molecule has 1 aliphatic heterocycles. The van der Waals surface area contributed by atoms with Crippen LogP contribution in [0.2, 0.25) is 0 Å². The van der Waals surface area contributed by atoms with Crippen LogP contribution in [-0.4, -0.2) is 51.2 Å². The number of carbonyl (C=O) groups excluding carboxylic acids is 2. The number of nitrogens with zero attached hydrogens (tertiary/aromatic N) is 1. The Morgan fingerprint density at radius 1 is 1.03 bits per heavy atom. The maximum atomic E-state index is 12.4. The molecule has 0 radical (unpaired) electrons. The van der Waals surface area contributed by atoms with Crippen LogP contribution in [0.15, 0.2) is 36.4 Å². The summed E-state index contributed by atoms with van der Waals surface area (Å²) in [5.74, 6) is 0.839. The topological polar surface area (TPSA) is 77.1 Å². The number of methoxy groups -OCH3 is 3. The molecule has 2 aromatic rings. The van der Waals surface area contributed by atoms with Gasteiger partial charge in [-0.05, 0) is 41.8 Å². The van der Waals surface area contributed by atoms with Gasteiger partial charge in [-0.1, -0.05) is 12.1 Å². The summed E-state index contributed by atoms with van der Waals surface area (Å²) in [7, 11) is 4.58. The lowest BCUT2D eigenvalue weighted by Crippen LogP contribution is -2.33. The van der Waals surface area contributed by atoms with Crippen LogP contribution in [0, 0.1) is 0 Å². The number of carbonyl (C=O) groups is 2. The Hall–Kier alpha value is -3.06. The van der Waals surface area contributed by atoms with Gasteiger partial charge in [-0.25, -0.2) is 4.79 Å². The van der Waals surface area contributed by atoms with Crippen molar-refractivity contribution in [1.29, 1.82) is 0 Å². The smallest absolute Gasteiger partial charge is 0.339 e. The Balaban J connectivity index is 1.59. The molecule has 1 N–H and O–H groups in total. The van der Waals surface area contributed by atoms with Gasteiger partial charge in [0.1, 0.15) is 0 Å². The van der Waals surface area contributed by atoms with E-state index in [1.165, 1.54) is 18.2 Å². The number of benzene rings is 2. The summed E-state index contributed by atoms with van der Waals surface area (Å²) in [5, 5.41) is 2.81. The first-order valence-corrected chi connectivity index (χ1v) is 9.49. The average molecular weight is 398 g/mol. The van der Waals surface area contributed by atoms with Crippen molar-refractivity contribution in [3.63, 3.8) is 0 Å². The van der Waals surface area contributed by atoms with Gasteiger partial charge in [-0.15, -0.1) is 0 Å². The molecule has 0 saturated heterocycles. The van der Waals surface area contributed by atoms with Crippen molar-refractivity contribution in [2.45, 2.75) is 19.4 Å². The van der Waals surface area contributed by atoms with E-state index in [2.05, 4.69) is 10.2 Å². The zero-order chi connectivity index (χ0) is 20.8. The molecule has 1 aliphatic rings. The maximum Gasteiger partial charge on any atom is 0.339 e. The van der Waals surface area contributed by atoms with E-state index in [9.17, 15) is 9.59 Å². The van der Waals surface area contributed by atoms with Crippen LogP contribution in [0.4, 0.5) is 5.69 Å². The van der Waals surface area contributed by atoms with Gasteiger partial charge in [0, 0.05) is 26.1 Å². The van der Waals surface area contributed by atoms with Gasteiger partial charge in [0.2, 0.25) is 5.91 Å². The number of ether oxygens (including phenoxy) is 3. The van der Waals surface area contributed by atoms with Crippen LogP contribution in [0.1, 0.15) is 27.9 Å². The number of rotatable bonds is 7. The van der Waals surface area contributed by atoms with Gasteiger partial charge in [-0.2, -0.15) is 0 Å². The highest BCUT2D eigenvalue weighted by Crippen LogP contribution is 2.33. The van der Waals surface area contributed by atoms with Crippen molar-refractivity contribution < 1.29 is 23.8 Å². The van der Waals surface area contributed by atoms with Crippen molar-refractivity contribution in [2.75, 3.05) is 39.7 Å². The second-order valence-electron chi connectivity index (χ2n) is 6.84. The summed E-state index contributed by atoms with van der Waals surface area (Å²) in [5.41, 5.74) is 3.24. The Kier molecular flexibility index (Phi) is 6.72. The molecular formula is C22H26N2O5. The van der Waals surface area contributed by atoms with E-state index in [1.807, 2.05) is 12.1 Å². The average Bonchev–Trinajstić information content (AvgIpc) is 2.76. The second-order valence-corrected chi connectivity index (χ2v) is 6.84. The molecule has 1 heterocycles. The second kappa shape index (κ2) is 9.43. The number of hydrogen-bond acceptors (Lipinski definition) is 6. The van der Waals surface area contributed by atoms with E-state index in [1.54, 1.807) is 38.5 Å². The predicted octanol–water partition coefficient (Wildman–Crippen LogP) is 2.88. The zero-order valence-corrected chi connectivity index (χ0v) is 17.0. The largest absolute Gasteiger partial charge is 0.493 e. The summed E-state index contributed by atoms with van der Waals surface area (Å²) in [6.45, 7) is 2.25. The SMILES string of the molecule is COC(=O)c1ccccc1NC(=O)CCN1CCc2cc(OC)c(OC)cc2C1. The lowest BCUT2D eigenvalue weighted by Gasteiger charge is -2.29. The lowest BCUT2D eigenvalue weighted by molar-refractivity contribution is -0.116. The highest BCUT2D eigenvalue weighted by Gasteiger charge is 2.20. The molecule has 0 aliphatic carbocycles. The molecule has 2 aromatic carbocycles. The molecule has 0 unspecified atom stereocenters. The fourth-order valence-corrected chi connectivity index (χ4v) is 3.48. The van der Waals surface area contributed by atoms with E-state index >= 15 is 0 Å². The molecule has 0 aromatic heterocycles. The fourth-order valence-electron chi connectivity index (χ4n) is 3.48. The summed E-state index contributed by atoms with van der Waals surface area (Å²) in [6, 6.07) is 10.9. The van der Waals surface area contributed by atoms with Crippen LogP contribution < -0.4 is 14.8 Å². The lowest BCUT2D eigenvalue weighted by atomic mass is 9.98. The number of esters is 1. The summed E-state index contributed by atoms with van der Waals surface area (Å²) < 4.78 is 15.5. The third-order valence-electron chi connectivity index (χ3n) is 5.06. The number of amides is 1. The van der Waals surface area contributed by atoms with Gasteiger partial charge >= 0.3 is 5.97 Å². The zero-order valence-electron chi connectivity index (χ0n) is 17.0. The van der Waals surface area contributed by atoms with E-state index in [4.69, 9.17) is 14.2 Å². The van der Waals surface area contributed by atoms with Crippen molar-refractivity contribution in [3.8, 4) is 11.5 Å². The molecule has 0 saturated carbocycles. The Labute approximate surface area is 170 Å². The molecule has 154 valence electrons. The summed E-state index contributed by atoms with van der Waals surface area (Å²) in [4.78, 5) is 26.5. The molecule has 29 heavy (non-hydrogen) atoms. The maximum absolute atomic E-state index is 12.4. The highest BCUT2D eigenvalue weighted by molar-refractivity contribution is 6.01. The van der Waals surface area contributed by atoms with Crippen molar-refractivity contribution in [3.05, 3.63) is 53.1 Å². The monoisotopic (exact) mass is 398 g/mol. The van der Waals surface area contributed by atoms with E-state index in [-0.39, 0.29) is 5.91 Å². The third-order valence-corrected chi connectivity index (χ3v) is 5.06.